The van der Waals surface area contributed by atoms with E-state index in [1.807, 2.05) is 0 Å². The summed E-state index contributed by atoms with van der Waals surface area (Å²) in [5.74, 6) is -3.93. The second kappa shape index (κ2) is 5.68. The van der Waals surface area contributed by atoms with Crippen LogP contribution < -0.4 is 15.1 Å². The standard InChI is InChI=1S/C20H11N3O6/c24-13-7-8-14(25)22(13)12-6-5-11-15(18(27)21-17(11)26)16(12)23-19(28)9-3-1-2-4-10(9)20(23)29/h1-6H,7-8H2,(H,21,26,27). The van der Waals surface area contributed by atoms with Crippen LogP contribution in [0.1, 0.15) is 54.3 Å². The van der Waals surface area contributed by atoms with Crippen molar-refractivity contribution in [2.24, 2.45) is 0 Å². The van der Waals surface area contributed by atoms with Crippen LogP contribution in [0, 0.1) is 0 Å². The van der Waals surface area contributed by atoms with Crippen molar-refractivity contribution in [2.75, 3.05) is 9.80 Å². The van der Waals surface area contributed by atoms with E-state index in [1.54, 1.807) is 12.1 Å². The SMILES string of the molecule is O=C1NC(=O)c2c1ccc(N1C(=O)CCC1=O)c2N1C(=O)c2ccccc2C1=O. The summed E-state index contributed by atoms with van der Waals surface area (Å²) in [5, 5.41) is 2.12. The molecule has 9 nitrogen and oxygen atoms in total. The number of anilines is 2. The van der Waals surface area contributed by atoms with E-state index in [0.717, 1.165) is 9.80 Å². The summed E-state index contributed by atoms with van der Waals surface area (Å²) >= 11 is 0. The molecule has 0 aromatic heterocycles. The molecule has 3 aliphatic heterocycles. The molecule has 142 valence electrons. The summed E-state index contributed by atoms with van der Waals surface area (Å²) in [6.07, 6.45) is -0.0504. The van der Waals surface area contributed by atoms with Gasteiger partial charge in [-0.3, -0.25) is 34.1 Å². The molecular weight excluding hydrogens is 378 g/mol. The number of carbonyl (C=O) groups is 6. The van der Waals surface area contributed by atoms with Crippen molar-refractivity contribution in [3.63, 3.8) is 0 Å². The number of hydrogen-bond donors (Lipinski definition) is 1. The van der Waals surface area contributed by atoms with Crippen LogP contribution >= 0.6 is 0 Å². The zero-order chi connectivity index (χ0) is 20.4. The fourth-order valence-corrected chi connectivity index (χ4v) is 3.88. The highest BCUT2D eigenvalue weighted by Gasteiger charge is 2.45. The van der Waals surface area contributed by atoms with Crippen molar-refractivity contribution in [1.82, 2.24) is 5.32 Å². The van der Waals surface area contributed by atoms with Gasteiger partial charge in [0, 0.05) is 12.8 Å². The van der Waals surface area contributed by atoms with Crippen molar-refractivity contribution >= 4 is 46.8 Å². The Bertz CT molecular complexity index is 1160. The van der Waals surface area contributed by atoms with Gasteiger partial charge in [-0.05, 0) is 24.3 Å². The minimum absolute atomic E-state index is 0.0252. The average Bonchev–Trinajstić information content (AvgIpc) is 3.28. The summed E-state index contributed by atoms with van der Waals surface area (Å²) in [7, 11) is 0. The lowest BCUT2D eigenvalue weighted by molar-refractivity contribution is -0.121. The fourth-order valence-electron chi connectivity index (χ4n) is 3.88. The van der Waals surface area contributed by atoms with Gasteiger partial charge in [0.2, 0.25) is 11.8 Å². The van der Waals surface area contributed by atoms with Crippen LogP contribution in [0.3, 0.4) is 0 Å². The Balaban J connectivity index is 1.80. The Morgan fingerprint density at radius 2 is 1.24 bits per heavy atom. The van der Waals surface area contributed by atoms with Gasteiger partial charge in [-0.2, -0.15) is 0 Å². The summed E-state index contributed by atoms with van der Waals surface area (Å²) in [5.41, 5.74) is -0.301. The zero-order valence-electron chi connectivity index (χ0n) is 14.7. The average molecular weight is 389 g/mol. The highest BCUT2D eigenvalue weighted by molar-refractivity contribution is 6.39. The lowest BCUT2D eigenvalue weighted by Gasteiger charge is -2.24. The number of nitrogens with zero attached hydrogens (tertiary/aromatic N) is 2. The first kappa shape index (κ1) is 17.0. The van der Waals surface area contributed by atoms with Gasteiger partial charge in [-0.25, -0.2) is 9.80 Å². The molecule has 0 saturated carbocycles. The van der Waals surface area contributed by atoms with Crippen molar-refractivity contribution < 1.29 is 28.8 Å². The van der Waals surface area contributed by atoms with Gasteiger partial charge < -0.3 is 0 Å². The van der Waals surface area contributed by atoms with Crippen molar-refractivity contribution in [3.8, 4) is 0 Å². The van der Waals surface area contributed by atoms with Crippen LogP contribution in [0.25, 0.3) is 0 Å². The van der Waals surface area contributed by atoms with E-state index in [2.05, 4.69) is 5.32 Å². The maximum Gasteiger partial charge on any atom is 0.266 e. The molecule has 3 aliphatic rings. The molecular formula is C20H11N3O6. The van der Waals surface area contributed by atoms with Crippen LogP contribution in [0.4, 0.5) is 11.4 Å². The number of nitrogens with one attached hydrogen (secondary N) is 1. The molecule has 0 bridgehead atoms. The Kier molecular flexibility index (Phi) is 3.33. The Morgan fingerprint density at radius 1 is 0.655 bits per heavy atom. The van der Waals surface area contributed by atoms with Gasteiger partial charge in [0.25, 0.3) is 23.6 Å². The molecule has 1 saturated heterocycles. The van der Waals surface area contributed by atoms with Gasteiger partial charge in [0.15, 0.2) is 0 Å². The number of rotatable bonds is 2. The fraction of sp³-hybridized carbons (Fsp3) is 0.100. The molecule has 0 radical (unpaired) electrons. The van der Waals surface area contributed by atoms with Crippen molar-refractivity contribution in [2.45, 2.75) is 12.8 Å². The molecule has 2 aromatic carbocycles. The third-order valence-electron chi connectivity index (χ3n) is 5.17. The highest BCUT2D eigenvalue weighted by atomic mass is 16.2. The van der Waals surface area contributed by atoms with Crippen molar-refractivity contribution in [3.05, 3.63) is 58.7 Å². The Hall–Kier alpha value is -4.14. The molecule has 1 N–H and O–H groups in total. The molecule has 0 atom stereocenters. The molecule has 2 aromatic rings. The molecule has 5 rings (SSSR count). The van der Waals surface area contributed by atoms with E-state index < -0.39 is 35.4 Å². The van der Waals surface area contributed by atoms with Crippen LogP contribution in [0.15, 0.2) is 36.4 Å². The topological polar surface area (TPSA) is 121 Å². The first-order valence-corrected chi connectivity index (χ1v) is 8.76. The van der Waals surface area contributed by atoms with Gasteiger partial charge in [-0.15, -0.1) is 0 Å². The van der Waals surface area contributed by atoms with E-state index >= 15 is 0 Å². The Morgan fingerprint density at radius 3 is 1.83 bits per heavy atom. The number of fused-ring (bicyclic) bond motifs is 2. The largest absolute Gasteiger partial charge is 0.288 e. The second-order valence-electron chi connectivity index (χ2n) is 6.75. The van der Waals surface area contributed by atoms with Gasteiger partial charge in [-0.1, -0.05) is 12.1 Å². The molecule has 0 spiro atoms. The minimum Gasteiger partial charge on any atom is -0.288 e. The molecule has 0 aliphatic carbocycles. The third-order valence-corrected chi connectivity index (χ3v) is 5.17. The molecule has 9 heteroatoms. The number of benzene rings is 2. The van der Waals surface area contributed by atoms with Crippen molar-refractivity contribution in [1.29, 1.82) is 0 Å². The zero-order valence-corrected chi connectivity index (χ0v) is 14.7. The van der Waals surface area contributed by atoms with E-state index in [9.17, 15) is 28.8 Å². The number of hydrogen-bond acceptors (Lipinski definition) is 6. The molecule has 1 fully saturated rings. The summed E-state index contributed by atoms with van der Waals surface area (Å²) < 4.78 is 0. The molecule has 0 unspecified atom stereocenters. The highest BCUT2D eigenvalue weighted by Crippen LogP contribution is 2.42. The molecule has 29 heavy (non-hydrogen) atoms. The normalized spacial score (nSPS) is 17.9. The van der Waals surface area contributed by atoms with Crippen LogP contribution in [-0.4, -0.2) is 35.4 Å². The number of amides is 6. The van der Waals surface area contributed by atoms with Crippen LogP contribution in [0.2, 0.25) is 0 Å². The Labute approximate surface area is 162 Å². The first-order valence-electron chi connectivity index (χ1n) is 8.76. The maximum absolute atomic E-state index is 13.0. The number of carbonyl (C=O) groups excluding carboxylic acids is 6. The predicted molar refractivity (Wildman–Crippen MR) is 97.5 cm³/mol. The second-order valence-corrected chi connectivity index (χ2v) is 6.75. The summed E-state index contributed by atoms with van der Waals surface area (Å²) in [6, 6.07) is 8.72. The summed E-state index contributed by atoms with van der Waals surface area (Å²) in [4.78, 5) is 76.9. The van der Waals surface area contributed by atoms with Gasteiger partial charge in [0.1, 0.15) is 0 Å². The quantitative estimate of drug-likeness (QED) is 0.766. The van der Waals surface area contributed by atoms with Crippen LogP contribution in [0.5, 0.6) is 0 Å². The molecule has 3 heterocycles. The van der Waals surface area contributed by atoms with Gasteiger partial charge >= 0.3 is 0 Å². The van der Waals surface area contributed by atoms with E-state index in [1.165, 1.54) is 24.3 Å². The lowest BCUT2D eigenvalue weighted by atomic mass is 10.0. The molecule has 6 amide bonds. The predicted octanol–water partition coefficient (Wildman–Crippen LogP) is 1.02. The minimum atomic E-state index is -0.808. The third kappa shape index (κ3) is 2.15. The first-order chi connectivity index (χ1) is 13.9. The van der Waals surface area contributed by atoms with Crippen LogP contribution in [-0.2, 0) is 9.59 Å². The summed E-state index contributed by atoms with van der Waals surface area (Å²) in [6.45, 7) is 0. The van der Waals surface area contributed by atoms with Gasteiger partial charge in [0.05, 0.1) is 33.6 Å². The monoisotopic (exact) mass is 389 g/mol. The lowest BCUT2D eigenvalue weighted by Crippen LogP contribution is -2.36. The smallest absolute Gasteiger partial charge is 0.266 e. The van der Waals surface area contributed by atoms with E-state index in [4.69, 9.17) is 0 Å². The maximum atomic E-state index is 13.0. The van der Waals surface area contributed by atoms with E-state index in [-0.39, 0.29) is 46.5 Å². The van der Waals surface area contributed by atoms with E-state index in [0.29, 0.717) is 0 Å². The number of imide groups is 3.